The summed E-state index contributed by atoms with van der Waals surface area (Å²) in [4.78, 5) is 17.2. The molecule has 25 heavy (non-hydrogen) atoms. The second-order valence-electron chi connectivity index (χ2n) is 5.06. The summed E-state index contributed by atoms with van der Waals surface area (Å²) >= 11 is 13.3. The number of amides is 1. The minimum absolute atomic E-state index is 0.267. The smallest absolute Gasteiger partial charge is 0.279 e. The molecular weight excluding hydrogens is 379 g/mol. The largest absolute Gasteiger partial charge is 0.495 e. The molecule has 0 saturated heterocycles. The van der Waals surface area contributed by atoms with Crippen molar-refractivity contribution in [2.75, 3.05) is 7.11 Å². The van der Waals surface area contributed by atoms with Gasteiger partial charge in [-0.25, -0.2) is 0 Å². The Bertz CT molecular complexity index is 1060. The Morgan fingerprint density at radius 1 is 1.32 bits per heavy atom. The van der Waals surface area contributed by atoms with E-state index in [1.165, 1.54) is 23.5 Å². The normalized spacial score (nSPS) is 11.5. The predicted octanol–water partition coefficient (Wildman–Crippen LogP) is 4.39. The average molecular weight is 391 g/mol. The van der Waals surface area contributed by atoms with Crippen molar-refractivity contribution in [3.63, 3.8) is 0 Å². The molecule has 1 heterocycles. The number of carbonyl (C=O) groups is 1. The summed E-state index contributed by atoms with van der Waals surface area (Å²) in [5.41, 5.74) is 1.12. The summed E-state index contributed by atoms with van der Waals surface area (Å²) in [6.45, 7) is 0.267. The van der Waals surface area contributed by atoms with Gasteiger partial charge in [0.25, 0.3) is 5.91 Å². The first-order chi connectivity index (χ1) is 12.0. The summed E-state index contributed by atoms with van der Waals surface area (Å²) in [5.74, 6) is 2.81. The van der Waals surface area contributed by atoms with E-state index < -0.39 is 5.91 Å². The van der Waals surface area contributed by atoms with Crippen LogP contribution in [0.2, 0.25) is 10.0 Å². The number of hydrogen-bond acceptors (Lipinski definition) is 3. The van der Waals surface area contributed by atoms with E-state index in [1.54, 1.807) is 17.7 Å². The molecule has 1 amide bonds. The van der Waals surface area contributed by atoms with Gasteiger partial charge in [0.1, 0.15) is 11.3 Å². The Labute approximate surface area is 158 Å². The molecule has 2 aromatic carbocycles. The number of benzene rings is 2. The SMILES string of the molecule is C#CCn1c(=NC(=O)c2cc(Cl)cc(Cl)c2)sc2cccc(OC)c21. The van der Waals surface area contributed by atoms with Crippen molar-refractivity contribution in [2.24, 2.45) is 4.99 Å². The molecule has 0 aliphatic carbocycles. The number of fused-ring (bicyclic) bond motifs is 1. The highest BCUT2D eigenvalue weighted by Crippen LogP contribution is 2.27. The first-order valence-electron chi connectivity index (χ1n) is 7.18. The second-order valence-corrected chi connectivity index (χ2v) is 6.94. The van der Waals surface area contributed by atoms with Crippen LogP contribution >= 0.6 is 34.5 Å². The van der Waals surface area contributed by atoms with Crippen LogP contribution in [0.3, 0.4) is 0 Å². The molecule has 4 nitrogen and oxygen atoms in total. The molecular formula is C18H12Cl2N2O2S. The van der Waals surface area contributed by atoms with Crippen molar-refractivity contribution in [1.29, 1.82) is 0 Å². The van der Waals surface area contributed by atoms with Gasteiger partial charge in [-0.1, -0.05) is 46.5 Å². The van der Waals surface area contributed by atoms with Gasteiger partial charge in [0.2, 0.25) is 0 Å². The zero-order valence-corrected chi connectivity index (χ0v) is 15.5. The molecule has 0 N–H and O–H groups in total. The van der Waals surface area contributed by atoms with Gasteiger partial charge in [-0.15, -0.1) is 6.42 Å². The molecule has 0 spiro atoms. The number of ether oxygens (including phenoxy) is 1. The van der Waals surface area contributed by atoms with Gasteiger partial charge in [-0.05, 0) is 30.3 Å². The van der Waals surface area contributed by atoms with E-state index >= 15 is 0 Å². The number of thiazole rings is 1. The van der Waals surface area contributed by atoms with E-state index in [0.717, 1.165) is 10.2 Å². The number of aromatic nitrogens is 1. The number of hydrogen-bond donors (Lipinski definition) is 0. The summed E-state index contributed by atoms with van der Waals surface area (Å²) in [5, 5.41) is 0.751. The van der Waals surface area contributed by atoms with Gasteiger partial charge in [0, 0.05) is 15.6 Å². The molecule has 7 heteroatoms. The van der Waals surface area contributed by atoms with Gasteiger partial charge in [0.05, 0.1) is 18.4 Å². The van der Waals surface area contributed by atoms with Crippen LogP contribution in [-0.2, 0) is 6.54 Å². The number of halogens is 2. The Hall–Kier alpha value is -2.26. The molecule has 0 radical (unpaired) electrons. The highest BCUT2D eigenvalue weighted by Gasteiger charge is 2.13. The minimum atomic E-state index is -0.444. The van der Waals surface area contributed by atoms with E-state index in [9.17, 15) is 4.79 Å². The third-order valence-electron chi connectivity index (χ3n) is 3.44. The van der Waals surface area contributed by atoms with Gasteiger partial charge in [-0.2, -0.15) is 4.99 Å². The number of para-hydroxylation sites is 1. The highest BCUT2D eigenvalue weighted by molar-refractivity contribution is 7.16. The van der Waals surface area contributed by atoms with Crippen molar-refractivity contribution >= 4 is 50.7 Å². The fourth-order valence-corrected chi connectivity index (χ4v) is 3.99. The van der Waals surface area contributed by atoms with Crippen LogP contribution in [0.5, 0.6) is 5.75 Å². The van der Waals surface area contributed by atoms with Crippen LogP contribution in [0.4, 0.5) is 0 Å². The summed E-state index contributed by atoms with van der Waals surface area (Å²) in [6, 6.07) is 10.3. The highest BCUT2D eigenvalue weighted by atomic mass is 35.5. The van der Waals surface area contributed by atoms with Crippen molar-refractivity contribution in [2.45, 2.75) is 6.54 Å². The maximum atomic E-state index is 12.5. The van der Waals surface area contributed by atoms with Crippen LogP contribution < -0.4 is 9.54 Å². The lowest BCUT2D eigenvalue weighted by Gasteiger charge is -2.05. The number of methoxy groups -OCH3 is 1. The van der Waals surface area contributed by atoms with Crippen molar-refractivity contribution in [1.82, 2.24) is 4.57 Å². The number of carbonyl (C=O) groups excluding carboxylic acids is 1. The first-order valence-corrected chi connectivity index (χ1v) is 8.75. The van der Waals surface area contributed by atoms with Crippen LogP contribution in [-0.4, -0.2) is 17.6 Å². The average Bonchev–Trinajstić information content (AvgIpc) is 2.92. The molecule has 126 valence electrons. The van der Waals surface area contributed by atoms with E-state index in [2.05, 4.69) is 10.9 Å². The molecule has 3 aromatic rings. The summed E-state index contributed by atoms with van der Waals surface area (Å²) in [7, 11) is 1.59. The van der Waals surface area contributed by atoms with Gasteiger partial charge < -0.3 is 9.30 Å². The topological polar surface area (TPSA) is 43.6 Å². The van der Waals surface area contributed by atoms with Gasteiger partial charge >= 0.3 is 0 Å². The molecule has 0 aliphatic heterocycles. The molecule has 0 aliphatic rings. The first kappa shape index (κ1) is 17.6. The maximum Gasteiger partial charge on any atom is 0.279 e. The molecule has 1 aromatic heterocycles. The zero-order valence-electron chi connectivity index (χ0n) is 13.1. The molecule has 0 atom stereocenters. The van der Waals surface area contributed by atoms with E-state index in [1.807, 2.05) is 18.2 Å². The van der Waals surface area contributed by atoms with Crippen LogP contribution in [0.25, 0.3) is 10.2 Å². The van der Waals surface area contributed by atoms with Gasteiger partial charge in [-0.3, -0.25) is 4.79 Å². The number of terminal acetylenes is 1. The Morgan fingerprint density at radius 2 is 2.04 bits per heavy atom. The lowest BCUT2D eigenvalue weighted by molar-refractivity contribution is 0.0998. The Kier molecular flexibility index (Phi) is 5.14. The molecule has 3 rings (SSSR count). The second kappa shape index (κ2) is 7.32. The molecule has 0 fully saturated rings. The van der Waals surface area contributed by atoms with E-state index in [-0.39, 0.29) is 6.54 Å². The lowest BCUT2D eigenvalue weighted by Crippen LogP contribution is -2.16. The standard InChI is InChI=1S/C18H12Cl2N2O2S/c1-3-7-22-16-14(24-2)5-4-6-15(16)25-18(22)21-17(23)11-8-12(19)10-13(20)9-11/h1,4-6,8-10H,7H2,2H3. The monoisotopic (exact) mass is 390 g/mol. The van der Waals surface area contributed by atoms with Gasteiger partial charge in [0.15, 0.2) is 4.80 Å². The quantitative estimate of drug-likeness (QED) is 0.622. The summed E-state index contributed by atoms with van der Waals surface area (Å²) in [6.07, 6.45) is 5.48. The minimum Gasteiger partial charge on any atom is -0.495 e. The van der Waals surface area contributed by atoms with Crippen LogP contribution in [0.1, 0.15) is 10.4 Å². The number of rotatable bonds is 3. The van der Waals surface area contributed by atoms with E-state index in [4.69, 9.17) is 34.4 Å². The maximum absolute atomic E-state index is 12.5. The van der Waals surface area contributed by atoms with Crippen molar-refractivity contribution in [3.05, 3.63) is 56.8 Å². The number of nitrogens with zero attached hydrogens (tertiary/aromatic N) is 2. The lowest BCUT2D eigenvalue weighted by atomic mass is 10.2. The third-order valence-corrected chi connectivity index (χ3v) is 4.92. The Balaban J connectivity index is 2.20. The Morgan fingerprint density at radius 3 is 2.68 bits per heavy atom. The fourth-order valence-electron chi connectivity index (χ4n) is 2.41. The van der Waals surface area contributed by atoms with Crippen LogP contribution in [0.15, 0.2) is 41.4 Å². The third kappa shape index (κ3) is 3.57. The van der Waals surface area contributed by atoms with E-state index in [0.29, 0.717) is 26.2 Å². The molecule has 0 saturated carbocycles. The van der Waals surface area contributed by atoms with Crippen molar-refractivity contribution in [3.8, 4) is 18.1 Å². The predicted molar refractivity (Wildman–Crippen MR) is 102 cm³/mol. The molecule has 0 unspecified atom stereocenters. The fraction of sp³-hybridized carbons (Fsp3) is 0.111. The summed E-state index contributed by atoms with van der Waals surface area (Å²) < 4.78 is 8.11. The molecule has 0 bridgehead atoms. The van der Waals surface area contributed by atoms with Crippen LogP contribution in [0, 0.1) is 12.3 Å². The van der Waals surface area contributed by atoms with Crippen molar-refractivity contribution < 1.29 is 9.53 Å². The zero-order chi connectivity index (χ0) is 18.0.